The number of rotatable bonds is 3. The second-order valence-electron chi connectivity index (χ2n) is 6.94. The summed E-state index contributed by atoms with van der Waals surface area (Å²) in [6, 6.07) is 7.96. The van der Waals surface area contributed by atoms with Crippen molar-refractivity contribution in [2.75, 3.05) is 13.1 Å². The van der Waals surface area contributed by atoms with Crippen molar-refractivity contribution < 1.29 is 4.79 Å². The zero-order valence-electron chi connectivity index (χ0n) is 13.2. The number of nitrogens with one attached hydrogen (secondary N) is 1. The van der Waals surface area contributed by atoms with Crippen molar-refractivity contribution in [3.05, 3.63) is 34.9 Å². The summed E-state index contributed by atoms with van der Waals surface area (Å²) in [6.07, 6.45) is 2.06. The maximum absolute atomic E-state index is 12.3. The van der Waals surface area contributed by atoms with Crippen LogP contribution in [-0.4, -0.2) is 29.4 Å². The smallest absolute Gasteiger partial charge is 0.224 e. The Morgan fingerprint density at radius 1 is 1.33 bits per heavy atom. The van der Waals surface area contributed by atoms with Gasteiger partial charge in [-0.05, 0) is 57.9 Å². The van der Waals surface area contributed by atoms with Crippen LogP contribution in [0.25, 0.3) is 0 Å². The Balaban J connectivity index is 1.91. The molecule has 1 aromatic carbocycles. The van der Waals surface area contributed by atoms with E-state index in [0.29, 0.717) is 0 Å². The first-order chi connectivity index (χ1) is 9.83. The van der Waals surface area contributed by atoms with E-state index in [1.165, 1.54) is 5.56 Å². The molecule has 0 aromatic heterocycles. The van der Waals surface area contributed by atoms with Crippen LogP contribution in [0.4, 0.5) is 0 Å². The van der Waals surface area contributed by atoms with Gasteiger partial charge in [-0.25, -0.2) is 0 Å². The van der Waals surface area contributed by atoms with Gasteiger partial charge < -0.3 is 5.32 Å². The van der Waals surface area contributed by atoms with Gasteiger partial charge in [0.05, 0.1) is 5.92 Å². The monoisotopic (exact) mass is 308 g/mol. The fourth-order valence-corrected chi connectivity index (χ4v) is 2.86. The summed E-state index contributed by atoms with van der Waals surface area (Å²) in [4.78, 5) is 14.7. The molecule has 1 amide bonds. The van der Waals surface area contributed by atoms with E-state index in [0.717, 1.165) is 37.5 Å². The van der Waals surface area contributed by atoms with Crippen molar-refractivity contribution in [1.29, 1.82) is 0 Å². The molecule has 1 heterocycles. The fraction of sp³-hybridized carbons (Fsp3) is 0.588. The largest absolute Gasteiger partial charge is 0.351 e. The Morgan fingerprint density at radius 2 is 2.00 bits per heavy atom. The summed E-state index contributed by atoms with van der Waals surface area (Å²) in [5, 5.41) is 3.86. The van der Waals surface area contributed by atoms with E-state index in [9.17, 15) is 4.79 Å². The summed E-state index contributed by atoms with van der Waals surface area (Å²) in [6.45, 7) is 8.86. The standard InChI is InChI=1S/C17H25ClN2O/c1-17(2,3)19-16(21)14-5-4-10-20(12-14)11-13-6-8-15(18)9-7-13/h6-9,14H,4-5,10-12H2,1-3H3,(H,19,21)/t14-/m0/s1. The molecule has 116 valence electrons. The molecular weight excluding hydrogens is 284 g/mol. The van der Waals surface area contributed by atoms with E-state index >= 15 is 0 Å². The Bertz CT molecular complexity index is 479. The maximum Gasteiger partial charge on any atom is 0.224 e. The van der Waals surface area contributed by atoms with Gasteiger partial charge in [-0.2, -0.15) is 0 Å². The number of nitrogens with zero attached hydrogens (tertiary/aromatic N) is 1. The Labute approximate surface area is 132 Å². The van der Waals surface area contributed by atoms with Crippen molar-refractivity contribution in [3.63, 3.8) is 0 Å². The molecule has 1 aliphatic heterocycles. The molecule has 1 aliphatic rings. The molecule has 1 fully saturated rings. The number of carbonyl (C=O) groups excluding carboxylic acids is 1. The van der Waals surface area contributed by atoms with Crippen LogP contribution in [0.2, 0.25) is 5.02 Å². The number of hydrogen-bond acceptors (Lipinski definition) is 2. The van der Waals surface area contributed by atoms with E-state index in [1.54, 1.807) is 0 Å². The molecule has 0 bridgehead atoms. The minimum Gasteiger partial charge on any atom is -0.351 e. The van der Waals surface area contributed by atoms with E-state index < -0.39 is 0 Å². The van der Waals surface area contributed by atoms with Gasteiger partial charge in [-0.3, -0.25) is 9.69 Å². The van der Waals surface area contributed by atoms with Crippen LogP contribution in [-0.2, 0) is 11.3 Å². The molecule has 2 rings (SSSR count). The van der Waals surface area contributed by atoms with Crippen LogP contribution in [0.5, 0.6) is 0 Å². The van der Waals surface area contributed by atoms with Gasteiger partial charge in [-0.1, -0.05) is 23.7 Å². The highest BCUT2D eigenvalue weighted by molar-refractivity contribution is 6.30. The molecule has 1 N–H and O–H groups in total. The fourth-order valence-electron chi connectivity index (χ4n) is 2.73. The topological polar surface area (TPSA) is 32.3 Å². The number of amides is 1. The van der Waals surface area contributed by atoms with Gasteiger partial charge in [0.15, 0.2) is 0 Å². The first-order valence-electron chi connectivity index (χ1n) is 7.62. The van der Waals surface area contributed by atoms with Crippen LogP contribution in [0.3, 0.4) is 0 Å². The molecule has 4 heteroatoms. The predicted octanol–water partition coefficient (Wildman–Crippen LogP) is 3.47. The van der Waals surface area contributed by atoms with E-state index in [1.807, 2.05) is 32.9 Å². The minimum atomic E-state index is -0.157. The normalized spacial score (nSPS) is 20.3. The average Bonchev–Trinajstić information content (AvgIpc) is 2.40. The summed E-state index contributed by atoms with van der Waals surface area (Å²) in [5.41, 5.74) is 1.09. The van der Waals surface area contributed by atoms with Crippen LogP contribution < -0.4 is 5.32 Å². The second-order valence-corrected chi connectivity index (χ2v) is 7.38. The Morgan fingerprint density at radius 3 is 2.62 bits per heavy atom. The Kier molecular flexibility index (Phi) is 5.28. The SMILES string of the molecule is CC(C)(C)NC(=O)[C@H]1CCCN(Cc2ccc(Cl)cc2)C1. The molecule has 3 nitrogen and oxygen atoms in total. The molecule has 0 spiro atoms. The summed E-state index contributed by atoms with van der Waals surface area (Å²) in [7, 11) is 0. The molecule has 1 saturated heterocycles. The first kappa shape index (κ1) is 16.3. The maximum atomic E-state index is 12.3. The van der Waals surface area contributed by atoms with Crippen LogP contribution in [0.15, 0.2) is 24.3 Å². The third kappa shape index (κ3) is 5.33. The van der Waals surface area contributed by atoms with Gasteiger partial charge >= 0.3 is 0 Å². The van der Waals surface area contributed by atoms with Crippen molar-refractivity contribution in [2.24, 2.45) is 5.92 Å². The number of likely N-dealkylation sites (tertiary alicyclic amines) is 1. The number of piperidine rings is 1. The summed E-state index contributed by atoms with van der Waals surface area (Å²) < 4.78 is 0. The van der Waals surface area contributed by atoms with E-state index in [4.69, 9.17) is 11.6 Å². The molecule has 0 saturated carbocycles. The zero-order chi connectivity index (χ0) is 15.5. The van der Waals surface area contributed by atoms with Crippen molar-refractivity contribution in [3.8, 4) is 0 Å². The molecule has 0 aliphatic carbocycles. The highest BCUT2D eigenvalue weighted by atomic mass is 35.5. The van der Waals surface area contributed by atoms with Crippen LogP contribution >= 0.6 is 11.6 Å². The lowest BCUT2D eigenvalue weighted by Crippen LogP contribution is -2.48. The van der Waals surface area contributed by atoms with E-state index in [2.05, 4.69) is 22.3 Å². The van der Waals surface area contributed by atoms with Crippen molar-refractivity contribution in [2.45, 2.75) is 45.7 Å². The third-order valence-electron chi connectivity index (χ3n) is 3.69. The van der Waals surface area contributed by atoms with Gasteiger partial charge in [-0.15, -0.1) is 0 Å². The zero-order valence-corrected chi connectivity index (χ0v) is 13.9. The molecule has 21 heavy (non-hydrogen) atoms. The quantitative estimate of drug-likeness (QED) is 0.927. The lowest BCUT2D eigenvalue weighted by atomic mass is 9.95. The minimum absolute atomic E-state index is 0.102. The highest BCUT2D eigenvalue weighted by Gasteiger charge is 2.27. The summed E-state index contributed by atoms with van der Waals surface area (Å²) in [5.74, 6) is 0.286. The van der Waals surface area contributed by atoms with Crippen molar-refractivity contribution in [1.82, 2.24) is 10.2 Å². The van der Waals surface area contributed by atoms with Gasteiger partial charge in [0, 0.05) is 23.7 Å². The number of hydrogen-bond donors (Lipinski definition) is 1. The first-order valence-corrected chi connectivity index (χ1v) is 8.00. The molecule has 1 aromatic rings. The number of benzene rings is 1. The second kappa shape index (κ2) is 6.80. The van der Waals surface area contributed by atoms with Crippen LogP contribution in [0.1, 0.15) is 39.2 Å². The lowest BCUT2D eigenvalue weighted by molar-refractivity contribution is -0.128. The van der Waals surface area contributed by atoms with Gasteiger partial charge in [0.2, 0.25) is 5.91 Å². The molecular formula is C17H25ClN2O. The summed E-state index contributed by atoms with van der Waals surface area (Å²) >= 11 is 5.91. The molecule has 0 radical (unpaired) electrons. The van der Waals surface area contributed by atoms with Crippen molar-refractivity contribution >= 4 is 17.5 Å². The van der Waals surface area contributed by atoms with Crippen LogP contribution in [0, 0.1) is 5.92 Å². The molecule has 0 unspecified atom stereocenters. The average molecular weight is 309 g/mol. The number of carbonyl (C=O) groups is 1. The van der Waals surface area contributed by atoms with Gasteiger partial charge in [0.1, 0.15) is 0 Å². The van der Waals surface area contributed by atoms with Gasteiger partial charge in [0.25, 0.3) is 0 Å². The Hall–Kier alpha value is -1.06. The number of halogens is 1. The lowest BCUT2D eigenvalue weighted by Gasteiger charge is -2.33. The highest BCUT2D eigenvalue weighted by Crippen LogP contribution is 2.20. The third-order valence-corrected chi connectivity index (χ3v) is 3.95. The predicted molar refractivity (Wildman–Crippen MR) is 87.3 cm³/mol. The van der Waals surface area contributed by atoms with E-state index in [-0.39, 0.29) is 17.4 Å². The molecule has 1 atom stereocenters.